The second kappa shape index (κ2) is 5.17. The van der Waals surface area contributed by atoms with E-state index in [2.05, 4.69) is 17.1 Å². The highest BCUT2D eigenvalue weighted by atomic mass is 32.1. The monoisotopic (exact) mass is 281 g/mol. The van der Waals surface area contributed by atoms with Crippen LogP contribution in [0.2, 0.25) is 0 Å². The normalized spacial score (nSPS) is 11.2. The largest absolute Gasteiger partial charge is 0.293 e. The molecule has 0 radical (unpaired) electrons. The van der Waals surface area contributed by atoms with E-state index in [4.69, 9.17) is 0 Å². The van der Waals surface area contributed by atoms with Gasteiger partial charge in [-0.2, -0.15) is 0 Å². The fraction of sp³-hybridized carbons (Fsp3) is 0.176. The van der Waals surface area contributed by atoms with Crippen molar-refractivity contribution in [3.8, 4) is 10.4 Å². The van der Waals surface area contributed by atoms with Gasteiger partial charge in [0, 0.05) is 28.6 Å². The lowest BCUT2D eigenvalue weighted by atomic mass is 10.1. The van der Waals surface area contributed by atoms with E-state index in [0.717, 1.165) is 20.7 Å². The van der Waals surface area contributed by atoms with Crippen LogP contribution in [0.4, 0.5) is 0 Å². The van der Waals surface area contributed by atoms with Gasteiger partial charge in [-0.15, -0.1) is 11.3 Å². The lowest BCUT2D eigenvalue weighted by Gasteiger charge is -2.04. The Balaban J connectivity index is 2.10. The van der Waals surface area contributed by atoms with Gasteiger partial charge in [-0.25, -0.2) is 0 Å². The molecule has 0 saturated heterocycles. The molecule has 20 heavy (non-hydrogen) atoms. The second-order valence-corrected chi connectivity index (χ2v) is 6.17. The first-order chi connectivity index (χ1) is 9.66. The minimum atomic E-state index is 0.0400. The van der Waals surface area contributed by atoms with Gasteiger partial charge in [-0.3, -0.25) is 9.78 Å². The SMILES string of the molecule is CC(C)C(=O)c1ccc(-c2cccc3cnccc23)s1. The quantitative estimate of drug-likeness (QED) is 0.645. The summed E-state index contributed by atoms with van der Waals surface area (Å²) >= 11 is 1.57. The van der Waals surface area contributed by atoms with Gasteiger partial charge in [0.25, 0.3) is 0 Å². The lowest BCUT2D eigenvalue weighted by molar-refractivity contribution is 0.0943. The van der Waals surface area contributed by atoms with Crippen molar-refractivity contribution in [1.82, 2.24) is 4.98 Å². The van der Waals surface area contributed by atoms with E-state index in [1.165, 1.54) is 5.39 Å². The molecule has 0 atom stereocenters. The van der Waals surface area contributed by atoms with Gasteiger partial charge >= 0.3 is 0 Å². The third-order valence-electron chi connectivity index (χ3n) is 3.32. The molecular formula is C17H15NOS. The van der Waals surface area contributed by atoms with E-state index in [-0.39, 0.29) is 11.7 Å². The Labute approximate surface area is 122 Å². The van der Waals surface area contributed by atoms with Gasteiger partial charge in [0.2, 0.25) is 0 Å². The molecule has 0 bridgehead atoms. The van der Waals surface area contributed by atoms with Crippen molar-refractivity contribution in [2.75, 3.05) is 0 Å². The van der Waals surface area contributed by atoms with Crippen molar-refractivity contribution in [3.05, 3.63) is 53.7 Å². The highest BCUT2D eigenvalue weighted by Gasteiger charge is 2.14. The third kappa shape index (κ3) is 2.25. The molecule has 0 aliphatic heterocycles. The van der Waals surface area contributed by atoms with Crippen LogP contribution in [0.5, 0.6) is 0 Å². The molecule has 0 unspecified atom stereocenters. The summed E-state index contributed by atoms with van der Waals surface area (Å²) in [5, 5.41) is 2.29. The minimum absolute atomic E-state index is 0.0400. The molecule has 0 amide bonds. The molecule has 2 aromatic heterocycles. The van der Waals surface area contributed by atoms with Crippen molar-refractivity contribution in [2.45, 2.75) is 13.8 Å². The number of benzene rings is 1. The molecule has 2 heterocycles. The van der Waals surface area contributed by atoms with Crippen molar-refractivity contribution in [3.63, 3.8) is 0 Å². The van der Waals surface area contributed by atoms with Gasteiger partial charge in [0.05, 0.1) is 4.88 Å². The van der Waals surface area contributed by atoms with E-state index >= 15 is 0 Å². The Morgan fingerprint density at radius 1 is 1.15 bits per heavy atom. The van der Waals surface area contributed by atoms with Crippen LogP contribution in [-0.2, 0) is 0 Å². The van der Waals surface area contributed by atoms with Crippen LogP contribution in [0.15, 0.2) is 48.8 Å². The van der Waals surface area contributed by atoms with Crippen LogP contribution in [0.1, 0.15) is 23.5 Å². The van der Waals surface area contributed by atoms with Crippen molar-refractivity contribution >= 4 is 27.9 Å². The molecule has 1 aromatic carbocycles. The average molecular weight is 281 g/mol. The number of Topliss-reactive ketones (excluding diaryl/α,β-unsaturated/α-hetero) is 1. The fourth-order valence-corrected chi connectivity index (χ4v) is 3.37. The Bertz CT molecular complexity index is 768. The standard InChI is InChI=1S/C17H15NOS/c1-11(2)17(19)16-7-6-15(20-16)14-5-3-4-12-10-18-9-8-13(12)14/h3-11H,1-2H3. The topological polar surface area (TPSA) is 30.0 Å². The zero-order chi connectivity index (χ0) is 14.1. The smallest absolute Gasteiger partial charge is 0.175 e. The molecule has 100 valence electrons. The number of thiophene rings is 1. The van der Waals surface area contributed by atoms with E-state index < -0.39 is 0 Å². The van der Waals surface area contributed by atoms with Crippen molar-refractivity contribution in [2.24, 2.45) is 5.92 Å². The number of fused-ring (bicyclic) bond motifs is 1. The maximum absolute atomic E-state index is 12.1. The molecule has 3 heteroatoms. The van der Waals surface area contributed by atoms with Crippen LogP contribution >= 0.6 is 11.3 Å². The molecule has 0 spiro atoms. The maximum atomic E-state index is 12.1. The maximum Gasteiger partial charge on any atom is 0.175 e. The zero-order valence-electron chi connectivity index (χ0n) is 11.5. The highest BCUT2D eigenvalue weighted by Crippen LogP contribution is 2.34. The molecule has 0 aliphatic carbocycles. The van der Waals surface area contributed by atoms with E-state index in [1.54, 1.807) is 17.5 Å². The summed E-state index contributed by atoms with van der Waals surface area (Å²) in [6.45, 7) is 3.87. The van der Waals surface area contributed by atoms with Gasteiger partial charge in [-0.05, 0) is 29.1 Å². The number of aromatic nitrogens is 1. The first-order valence-electron chi connectivity index (χ1n) is 6.64. The van der Waals surface area contributed by atoms with Crippen LogP contribution in [0.3, 0.4) is 0 Å². The summed E-state index contributed by atoms with van der Waals surface area (Å²) in [6, 6.07) is 12.2. The molecule has 3 aromatic rings. The Morgan fingerprint density at radius 3 is 2.80 bits per heavy atom. The number of ketones is 1. The van der Waals surface area contributed by atoms with Gasteiger partial charge in [0.1, 0.15) is 0 Å². The van der Waals surface area contributed by atoms with Crippen LogP contribution < -0.4 is 0 Å². The number of hydrogen-bond acceptors (Lipinski definition) is 3. The molecule has 0 aliphatic rings. The Kier molecular flexibility index (Phi) is 3.36. The second-order valence-electron chi connectivity index (χ2n) is 5.09. The number of nitrogens with zero attached hydrogens (tertiary/aromatic N) is 1. The molecule has 0 fully saturated rings. The molecule has 2 nitrogen and oxygen atoms in total. The summed E-state index contributed by atoms with van der Waals surface area (Å²) in [5.41, 5.74) is 1.16. The number of rotatable bonds is 3. The first kappa shape index (κ1) is 13.0. The van der Waals surface area contributed by atoms with Crippen molar-refractivity contribution < 1.29 is 4.79 Å². The zero-order valence-corrected chi connectivity index (χ0v) is 12.3. The number of carbonyl (C=O) groups excluding carboxylic acids is 1. The lowest BCUT2D eigenvalue weighted by Crippen LogP contribution is -2.04. The molecule has 0 saturated carbocycles. The highest BCUT2D eigenvalue weighted by molar-refractivity contribution is 7.17. The summed E-state index contributed by atoms with van der Waals surface area (Å²) in [7, 11) is 0. The van der Waals surface area contributed by atoms with E-state index in [9.17, 15) is 4.79 Å². The van der Waals surface area contributed by atoms with Crippen molar-refractivity contribution in [1.29, 1.82) is 0 Å². The predicted octanol–water partition coefficient (Wildman–Crippen LogP) is 4.80. The summed E-state index contributed by atoms with van der Waals surface area (Å²) in [6.07, 6.45) is 3.67. The first-order valence-corrected chi connectivity index (χ1v) is 7.45. The number of carbonyl (C=O) groups is 1. The predicted molar refractivity (Wildman–Crippen MR) is 84.2 cm³/mol. The number of hydrogen-bond donors (Lipinski definition) is 0. The fourth-order valence-electron chi connectivity index (χ4n) is 2.24. The van der Waals surface area contributed by atoms with Crippen LogP contribution in [0.25, 0.3) is 21.2 Å². The van der Waals surface area contributed by atoms with Gasteiger partial charge in [-0.1, -0.05) is 32.0 Å². The molecular weight excluding hydrogens is 266 g/mol. The van der Waals surface area contributed by atoms with E-state index in [0.29, 0.717) is 0 Å². The summed E-state index contributed by atoms with van der Waals surface area (Å²) in [5.74, 6) is 0.251. The third-order valence-corrected chi connectivity index (χ3v) is 4.45. The molecule has 3 rings (SSSR count). The van der Waals surface area contributed by atoms with Gasteiger partial charge < -0.3 is 0 Å². The Morgan fingerprint density at radius 2 is 2.00 bits per heavy atom. The number of pyridine rings is 1. The molecule has 0 N–H and O–H groups in total. The van der Waals surface area contributed by atoms with E-state index in [1.807, 2.05) is 44.3 Å². The van der Waals surface area contributed by atoms with Crippen LogP contribution in [0, 0.1) is 5.92 Å². The minimum Gasteiger partial charge on any atom is -0.293 e. The van der Waals surface area contributed by atoms with Gasteiger partial charge in [0.15, 0.2) is 5.78 Å². The summed E-state index contributed by atoms with van der Waals surface area (Å²) < 4.78 is 0. The average Bonchev–Trinajstić information content (AvgIpc) is 2.95. The Hall–Kier alpha value is -2.00. The van der Waals surface area contributed by atoms with Crippen LogP contribution in [-0.4, -0.2) is 10.8 Å². The summed E-state index contributed by atoms with van der Waals surface area (Å²) in [4.78, 5) is 18.2.